The van der Waals surface area contributed by atoms with Gasteiger partial charge in [-0.2, -0.15) is 0 Å². The molecule has 0 radical (unpaired) electrons. The first kappa shape index (κ1) is 26.9. The maximum Gasteiger partial charge on any atom is 0.261 e. The third-order valence-electron chi connectivity index (χ3n) is 7.39. The first-order chi connectivity index (χ1) is 15.8. The van der Waals surface area contributed by atoms with E-state index in [9.17, 15) is 0 Å². The summed E-state index contributed by atoms with van der Waals surface area (Å²) in [6, 6.07) is 21.5. The fourth-order valence-corrected chi connectivity index (χ4v) is 10.3. The molecule has 1 aliphatic heterocycles. The molecule has 3 atom stereocenters. The van der Waals surface area contributed by atoms with E-state index in [2.05, 4.69) is 121 Å². The van der Waals surface area contributed by atoms with Crippen molar-refractivity contribution >= 4 is 27.0 Å². The summed E-state index contributed by atoms with van der Waals surface area (Å²) in [5, 5.41) is 2.52. The molecule has 3 nitrogen and oxygen atoms in total. The van der Waals surface area contributed by atoms with Crippen molar-refractivity contribution in [1.29, 1.82) is 0 Å². The molecule has 1 unspecified atom stereocenters. The maximum atomic E-state index is 7.38. The second kappa shape index (κ2) is 10.1. The minimum Gasteiger partial charge on any atom is -0.403 e. The zero-order valence-electron chi connectivity index (χ0n) is 22.2. The van der Waals surface area contributed by atoms with E-state index in [-0.39, 0.29) is 28.4 Å². The van der Waals surface area contributed by atoms with E-state index in [1.54, 1.807) is 0 Å². The summed E-state index contributed by atoms with van der Waals surface area (Å²) in [5.74, 6) is 2.94. The Morgan fingerprint density at radius 3 is 1.71 bits per heavy atom. The molecule has 0 bridgehead atoms. The Balaban J connectivity index is 2.02. The van der Waals surface area contributed by atoms with E-state index in [0.29, 0.717) is 13.0 Å². The number of hydrogen-bond acceptors (Lipinski definition) is 3. The van der Waals surface area contributed by atoms with Crippen molar-refractivity contribution in [2.45, 2.75) is 89.4 Å². The summed E-state index contributed by atoms with van der Waals surface area (Å²) in [4.78, 5) is 0. The van der Waals surface area contributed by atoms with Crippen LogP contribution in [-0.2, 0) is 13.6 Å². The molecule has 2 aromatic carbocycles. The maximum absolute atomic E-state index is 7.38. The fourth-order valence-electron chi connectivity index (χ4n) is 4.36. The Labute approximate surface area is 209 Å². The lowest BCUT2D eigenvalue weighted by Crippen LogP contribution is -2.68. The zero-order chi connectivity index (χ0) is 25.2. The van der Waals surface area contributed by atoms with Crippen LogP contribution in [0.3, 0.4) is 0 Å². The van der Waals surface area contributed by atoms with Crippen LogP contribution in [0.5, 0.6) is 0 Å². The Morgan fingerprint density at radius 1 is 0.882 bits per heavy atom. The molecule has 0 aromatic heterocycles. The molecule has 5 heteroatoms. The molecular formula is C29H42O3Si2. The summed E-state index contributed by atoms with van der Waals surface area (Å²) in [7, 11) is -4.72. The highest BCUT2D eigenvalue weighted by Gasteiger charge is 2.53. The van der Waals surface area contributed by atoms with Gasteiger partial charge < -0.3 is 13.6 Å². The average Bonchev–Trinajstić information content (AvgIpc) is 3.61. The number of epoxide rings is 1. The molecule has 0 spiro atoms. The Bertz CT molecular complexity index is 925. The van der Waals surface area contributed by atoms with Gasteiger partial charge in [0.25, 0.3) is 8.32 Å². The molecule has 184 valence electrons. The smallest absolute Gasteiger partial charge is 0.261 e. The zero-order valence-corrected chi connectivity index (χ0v) is 24.2. The monoisotopic (exact) mass is 494 g/mol. The molecule has 1 aliphatic rings. The predicted molar refractivity (Wildman–Crippen MR) is 148 cm³/mol. The molecule has 1 fully saturated rings. The molecule has 0 aliphatic carbocycles. The van der Waals surface area contributed by atoms with Gasteiger partial charge in [-0.15, -0.1) is 6.42 Å². The van der Waals surface area contributed by atoms with Crippen LogP contribution in [0.1, 0.15) is 48.0 Å². The van der Waals surface area contributed by atoms with Gasteiger partial charge in [-0.05, 0) is 33.5 Å². The summed E-state index contributed by atoms with van der Waals surface area (Å²) in [5.41, 5.74) is 0. The third-order valence-corrected chi connectivity index (χ3v) is 16.9. The van der Waals surface area contributed by atoms with Crippen molar-refractivity contribution in [2.75, 3.05) is 6.61 Å². The summed E-state index contributed by atoms with van der Waals surface area (Å²) in [6.45, 7) is 18.8. The normalized spacial score (nSPS) is 18.7. The van der Waals surface area contributed by atoms with Gasteiger partial charge in [0.2, 0.25) is 0 Å². The average molecular weight is 495 g/mol. The number of hydrogen-bond donors (Lipinski definition) is 0. The second-order valence-electron chi connectivity index (χ2n) is 12.0. The largest absolute Gasteiger partial charge is 0.403 e. The predicted octanol–water partition coefficient (Wildman–Crippen LogP) is 5.74. The van der Waals surface area contributed by atoms with Gasteiger partial charge >= 0.3 is 0 Å². The molecule has 1 heterocycles. The molecule has 0 saturated carbocycles. The third kappa shape index (κ3) is 5.75. The topological polar surface area (TPSA) is 31.0 Å². The minimum atomic E-state index is -2.70. The van der Waals surface area contributed by atoms with Crippen molar-refractivity contribution in [3.05, 3.63) is 60.7 Å². The molecule has 0 N–H and O–H groups in total. The summed E-state index contributed by atoms with van der Waals surface area (Å²) in [6.07, 6.45) is 6.29. The number of ether oxygens (including phenoxy) is 1. The highest BCUT2D eigenvalue weighted by atomic mass is 28.4. The highest BCUT2D eigenvalue weighted by molar-refractivity contribution is 6.99. The van der Waals surface area contributed by atoms with Crippen LogP contribution in [0.4, 0.5) is 0 Å². The fraction of sp³-hybridized carbons (Fsp3) is 0.517. The lowest BCUT2D eigenvalue weighted by atomic mass is 10.1. The van der Waals surface area contributed by atoms with E-state index in [4.69, 9.17) is 20.0 Å². The van der Waals surface area contributed by atoms with Crippen LogP contribution in [0.15, 0.2) is 60.7 Å². The Morgan fingerprint density at radius 2 is 1.35 bits per heavy atom. The second-order valence-corrected chi connectivity index (χ2v) is 21.0. The SMILES string of the molecule is C#C[C@@H](C[C@H](O[Si](c1ccccc1)(c1ccccc1)C(C)(C)C)C1CO1)O[Si](C)(C)C(C)(C)C. The van der Waals surface area contributed by atoms with Gasteiger partial charge in [-0.25, -0.2) is 0 Å². The van der Waals surface area contributed by atoms with Crippen LogP contribution in [0.2, 0.25) is 23.2 Å². The van der Waals surface area contributed by atoms with Crippen LogP contribution < -0.4 is 10.4 Å². The first-order valence-electron chi connectivity index (χ1n) is 12.4. The molecule has 0 amide bonds. The van der Waals surface area contributed by atoms with Gasteiger partial charge in [0.15, 0.2) is 8.32 Å². The molecule has 3 rings (SSSR count). The lowest BCUT2D eigenvalue weighted by molar-refractivity contribution is 0.0978. The quantitative estimate of drug-likeness (QED) is 0.253. The van der Waals surface area contributed by atoms with Crippen molar-refractivity contribution in [3.63, 3.8) is 0 Å². The van der Waals surface area contributed by atoms with Gasteiger partial charge in [0, 0.05) is 6.42 Å². The molecule has 1 saturated heterocycles. The van der Waals surface area contributed by atoms with Crippen LogP contribution in [0, 0.1) is 12.3 Å². The standard InChI is InChI=1S/C29H42O3Si2/c1-10-23(31-33(8,9)28(2,3)4)21-26(27-22-30-27)32-34(29(5,6)7,24-17-13-11-14-18-24)25-19-15-12-16-20-25/h1,11-20,23,26-27H,21-22H2,2-9H3/t23-,26-,27?/m0/s1. The number of terminal acetylenes is 1. The van der Waals surface area contributed by atoms with E-state index in [0.717, 1.165) is 0 Å². The van der Waals surface area contributed by atoms with Crippen molar-refractivity contribution < 1.29 is 13.6 Å². The Hall–Kier alpha value is -1.69. The molecular weight excluding hydrogens is 452 g/mol. The van der Waals surface area contributed by atoms with Crippen molar-refractivity contribution in [2.24, 2.45) is 0 Å². The van der Waals surface area contributed by atoms with Gasteiger partial charge in [0.05, 0.1) is 12.7 Å². The first-order valence-corrected chi connectivity index (χ1v) is 17.2. The highest BCUT2D eigenvalue weighted by Crippen LogP contribution is 2.41. The van der Waals surface area contributed by atoms with E-state index in [1.807, 2.05) is 0 Å². The number of benzene rings is 2. The van der Waals surface area contributed by atoms with E-state index < -0.39 is 16.6 Å². The lowest BCUT2D eigenvalue weighted by Gasteiger charge is -2.45. The summed E-state index contributed by atoms with van der Waals surface area (Å²) < 4.78 is 19.9. The van der Waals surface area contributed by atoms with Gasteiger partial charge in [-0.3, -0.25) is 0 Å². The van der Waals surface area contributed by atoms with Gasteiger partial charge in [-0.1, -0.05) is 108 Å². The van der Waals surface area contributed by atoms with Crippen molar-refractivity contribution in [1.82, 2.24) is 0 Å². The number of rotatable bonds is 9. The molecule has 34 heavy (non-hydrogen) atoms. The van der Waals surface area contributed by atoms with Crippen LogP contribution in [0.25, 0.3) is 0 Å². The van der Waals surface area contributed by atoms with Crippen LogP contribution in [-0.4, -0.2) is 41.6 Å². The van der Waals surface area contributed by atoms with Crippen molar-refractivity contribution in [3.8, 4) is 12.3 Å². The molecule has 2 aromatic rings. The van der Waals surface area contributed by atoms with Crippen LogP contribution >= 0.6 is 0 Å². The van der Waals surface area contributed by atoms with E-state index in [1.165, 1.54) is 10.4 Å². The minimum absolute atomic E-state index is 0.0560. The summed E-state index contributed by atoms with van der Waals surface area (Å²) >= 11 is 0. The van der Waals surface area contributed by atoms with Gasteiger partial charge in [0.1, 0.15) is 12.2 Å². The Kier molecular flexibility index (Phi) is 8.01. The van der Waals surface area contributed by atoms with E-state index >= 15 is 0 Å².